The van der Waals surface area contributed by atoms with Crippen LogP contribution in [0.2, 0.25) is 0 Å². The predicted molar refractivity (Wildman–Crippen MR) is 165 cm³/mol. The lowest BCUT2D eigenvalue weighted by Crippen LogP contribution is -2.49. The number of carbonyl (C=O) groups is 1. The van der Waals surface area contributed by atoms with E-state index in [1.54, 1.807) is 0 Å². The molecule has 0 unspecified atom stereocenters. The molecule has 4 aromatic carbocycles. The summed E-state index contributed by atoms with van der Waals surface area (Å²) in [4.78, 5) is 27.2. The van der Waals surface area contributed by atoms with Gasteiger partial charge in [0.15, 0.2) is 0 Å². The Balaban J connectivity index is 1.23. The Labute approximate surface area is 244 Å². The molecule has 7 heteroatoms. The number of nitrogens with zero attached hydrogens (tertiary/aromatic N) is 5. The second-order valence-corrected chi connectivity index (χ2v) is 10.9. The zero-order valence-electron chi connectivity index (χ0n) is 23.5. The number of carbonyl (C=O) groups excluding carboxylic acids is 1. The third-order valence-electron chi connectivity index (χ3n) is 8.00. The van der Waals surface area contributed by atoms with E-state index in [0.717, 1.165) is 39.0 Å². The number of benzene rings is 4. The number of rotatable bonds is 6. The summed E-state index contributed by atoms with van der Waals surface area (Å²) in [5.74, 6) is 1.64. The maximum atomic E-state index is 13.1. The predicted octanol–water partition coefficient (Wildman–Crippen LogP) is 6.23. The van der Waals surface area contributed by atoms with Crippen LogP contribution in [-0.4, -0.2) is 52.1 Å². The summed E-state index contributed by atoms with van der Waals surface area (Å²) in [6.07, 6.45) is 1.00. The van der Waals surface area contributed by atoms with Crippen molar-refractivity contribution >= 4 is 33.6 Å². The van der Waals surface area contributed by atoms with Crippen molar-refractivity contribution in [1.29, 1.82) is 0 Å². The molecule has 42 heavy (non-hydrogen) atoms. The molecule has 0 radical (unpaired) electrons. The largest absolute Gasteiger partial charge is 0.352 e. The van der Waals surface area contributed by atoms with Gasteiger partial charge in [-0.1, -0.05) is 102 Å². The van der Waals surface area contributed by atoms with Crippen molar-refractivity contribution in [1.82, 2.24) is 20.0 Å². The van der Waals surface area contributed by atoms with Gasteiger partial charge in [-0.05, 0) is 34.9 Å². The molecule has 7 rings (SSSR count). The van der Waals surface area contributed by atoms with Gasteiger partial charge in [0.2, 0.25) is 5.91 Å². The van der Waals surface area contributed by atoms with Crippen LogP contribution in [0.25, 0.3) is 33.1 Å². The molecule has 2 aromatic heterocycles. The number of aryl methyl sites for hydroxylation is 1. The van der Waals surface area contributed by atoms with E-state index in [0.29, 0.717) is 50.6 Å². The summed E-state index contributed by atoms with van der Waals surface area (Å²) in [5, 5.41) is 7.62. The minimum absolute atomic E-state index is 0.149. The number of amides is 1. The Kier molecular flexibility index (Phi) is 6.84. The van der Waals surface area contributed by atoms with Crippen molar-refractivity contribution in [3.8, 4) is 11.3 Å². The Morgan fingerprint density at radius 2 is 1.52 bits per heavy atom. The van der Waals surface area contributed by atoms with Crippen LogP contribution in [0.4, 0.5) is 5.82 Å². The molecule has 1 amide bonds. The SMILES string of the molecule is Cc1ccc(Cc2nc(N3CCN(C(=O)Cc4ccccc4)CC3)c3c(-c4ccc5ccccc5c4)noc3n2)cc1. The van der Waals surface area contributed by atoms with E-state index in [1.807, 2.05) is 47.4 Å². The summed E-state index contributed by atoms with van der Waals surface area (Å²) in [5.41, 5.74) is 5.55. The van der Waals surface area contributed by atoms with Crippen LogP contribution in [0.5, 0.6) is 0 Å². The molecule has 1 aliphatic rings. The molecule has 0 N–H and O–H groups in total. The Bertz CT molecular complexity index is 1870. The van der Waals surface area contributed by atoms with Crippen molar-refractivity contribution in [2.45, 2.75) is 19.8 Å². The van der Waals surface area contributed by atoms with Gasteiger partial charge < -0.3 is 14.3 Å². The van der Waals surface area contributed by atoms with Crippen LogP contribution < -0.4 is 4.90 Å². The first-order valence-electron chi connectivity index (χ1n) is 14.4. The van der Waals surface area contributed by atoms with Gasteiger partial charge in [0, 0.05) is 38.2 Å². The van der Waals surface area contributed by atoms with E-state index in [2.05, 4.69) is 71.6 Å². The highest BCUT2D eigenvalue weighted by Crippen LogP contribution is 2.35. The fourth-order valence-corrected chi connectivity index (χ4v) is 5.66. The molecule has 6 aromatic rings. The summed E-state index contributed by atoms with van der Waals surface area (Å²) in [6, 6.07) is 33.0. The van der Waals surface area contributed by atoms with E-state index in [9.17, 15) is 4.79 Å². The van der Waals surface area contributed by atoms with Crippen molar-refractivity contribution in [2.75, 3.05) is 31.1 Å². The Morgan fingerprint density at radius 3 is 2.31 bits per heavy atom. The van der Waals surface area contributed by atoms with Gasteiger partial charge >= 0.3 is 0 Å². The minimum atomic E-state index is 0.149. The summed E-state index contributed by atoms with van der Waals surface area (Å²) in [7, 11) is 0. The van der Waals surface area contributed by atoms with Crippen LogP contribution in [0, 0.1) is 6.92 Å². The van der Waals surface area contributed by atoms with E-state index >= 15 is 0 Å². The van der Waals surface area contributed by atoms with Gasteiger partial charge in [0.05, 0.1) is 6.42 Å². The highest BCUT2D eigenvalue weighted by Gasteiger charge is 2.27. The highest BCUT2D eigenvalue weighted by atomic mass is 16.5. The van der Waals surface area contributed by atoms with Crippen LogP contribution in [-0.2, 0) is 17.6 Å². The standard InChI is InChI=1S/C35H31N5O2/c1-24-11-13-26(14-12-24)21-30-36-34(40-19-17-39(18-20-40)31(41)22-25-7-3-2-4-8-25)32-33(38-42-35(32)37-30)29-16-15-27-9-5-6-10-28(27)23-29/h2-16,23H,17-22H2,1H3. The smallest absolute Gasteiger partial charge is 0.263 e. The van der Waals surface area contributed by atoms with Crippen molar-refractivity contribution < 1.29 is 9.32 Å². The van der Waals surface area contributed by atoms with Crippen LogP contribution in [0.3, 0.4) is 0 Å². The quantitative estimate of drug-likeness (QED) is 0.244. The first-order chi connectivity index (χ1) is 20.6. The maximum absolute atomic E-state index is 13.1. The molecule has 0 bridgehead atoms. The molecule has 3 heterocycles. The van der Waals surface area contributed by atoms with Crippen LogP contribution in [0.15, 0.2) is 102 Å². The second-order valence-electron chi connectivity index (χ2n) is 10.9. The fourth-order valence-electron chi connectivity index (χ4n) is 5.66. The van der Waals surface area contributed by atoms with Crippen molar-refractivity contribution in [3.05, 3.63) is 120 Å². The number of aromatic nitrogens is 3. The van der Waals surface area contributed by atoms with Gasteiger partial charge in [0.25, 0.3) is 5.71 Å². The minimum Gasteiger partial charge on any atom is -0.352 e. The second kappa shape index (κ2) is 11.1. The molecule has 0 saturated carbocycles. The molecule has 0 aliphatic carbocycles. The van der Waals surface area contributed by atoms with Gasteiger partial charge in [-0.25, -0.2) is 4.98 Å². The third kappa shape index (κ3) is 5.21. The number of piperazine rings is 1. The zero-order valence-corrected chi connectivity index (χ0v) is 23.5. The lowest BCUT2D eigenvalue weighted by Gasteiger charge is -2.35. The highest BCUT2D eigenvalue weighted by molar-refractivity contribution is 6.00. The van der Waals surface area contributed by atoms with Crippen molar-refractivity contribution in [3.63, 3.8) is 0 Å². The number of anilines is 1. The topological polar surface area (TPSA) is 75.4 Å². The lowest BCUT2D eigenvalue weighted by molar-refractivity contribution is -0.130. The number of hydrogen-bond donors (Lipinski definition) is 0. The molecule has 1 fully saturated rings. The maximum Gasteiger partial charge on any atom is 0.263 e. The summed E-state index contributed by atoms with van der Waals surface area (Å²) < 4.78 is 5.88. The molecular formula is C35H31N5O2. The average Bonchev–Trinajstić information content (AvgIpc) is 3.46. The first-order valence-corrected chi connectivity index (χ1v) is 14.4. The fraction of sp³-hybridized carbons (Fsp3) is 0.200. The lowest BCUT2D eigenvalue weighted by atomic mass is 10.0. The normalized spacial score (nSPS) is 13.6. The van der Waals surface area contributed by atoms with Crippen molar-refractivity contribution in [2.24, 2.45) is 0 Å². The number of hydrogen-bond acceptors (Lipinski definition) is 6. The molecule has 1 saturated heterocycles. The number of fused-ring (bicyclic) bond motifs is 2. The van der Waals surface area contributed by atoms with E-state index in [1.165, 1.54) is 10.9 Å². The first kappa shape index (κ1) is 25.9. The van der Waals surface area contributed by atoms with Crippen LogP contribution in [0.1, 0.15) is 22.5 Å². The Hall–Kier alpha value is -5.04. The van der Waals surface area contributed by atoms with E-state index < -0.39 is 0 Å². The van der Waals surface area contributed by atoms with E-state index in [4.69, 9.17) is 14.5 Å². The molecule has 208 valence electrons. The monoisotopic (exact) mass is 553 g/mol. The summed E-state index contributed by atoms with van der Waals surface area (Å²) >= 11 is 0. The van der Waals surface area contributed by atoms with Gasteiger partial charge in [-0.15, -0.1) is 0 Å². The van der Waals surface area contributed by atoms with Gasteiger partial charge in [-0.2, -0.15) is 4.98 Å². The van der Waals surface area contributed by atoms with E-state index in [-0.39, 0.29) is 5.91 Å². The molecule has 1 aliphatic heterocycles. The average molecular weight is 554 g/mol. The Morgan fingerprint density at radius 1 is 0.786 bits per heavy atom. The van der Waals surface area contributed by atoms with Gasteiger partial charge in [-0.3, -0.25) is 4.79 Å². The third-order valence-corrected chi connectivity index (χ3v) is 8.00. The molecule has 0 spiro atoms. The molecule has 7 nitrogen and oxygen atoms in total. The molecular weight excluding hydrogens is 522 g/mol. The van der Waals surface area contributed by atoms with Gasteiger partial charge in [0.1, 0.15) is 22.7 Å². The molecule has 0 atom stereocenters. The summed E-state index contributed by atoms with van der Waals surface area (Å²) in [6.45, 7) is 4.66. The zero-order chi connectivity index (χ0) is 28.5. The van der Waals surface area contributed by atoms with Crippen LogP contribution >= 0.6 is 0 Å².